The minimum absolute atomic E-state index is 0.324. The SMILES string of the molecule is CCOC(=O)c1ccc(NC(=S)NC2CCCCCCC2)cc1Cl. The van der Waals surface area contributed by atoms with Crippen molar-refractivity contribution in [3.8, 4) is 0 Å². The Balaban J connectivity index is 1.91. The van der Waals surface area contributed by atoms with E-state index in [1.54, 1.807) is 25.1 Å². The maximum Gasteiger partial charge on any atom is 0.339 e. The van der Waals surface area contributed by atoms with E-state index in [2.05, 4.69) is 10.6 Å². The van der Waals surface area contributed by atoms with E-state index in [1.807, 2.05) is 0 Å². The maximum absolute atomic E-state index is 11.8. The molecule has 24 heavy (non-hydrogen) atoms. The van der Waals surface area contributed by atoms with Gasteiger partial charge in [-0.15, -0.1) is 0 Å². The van der Waals surface area contributed by atoms with Gasteiger partial charge in [0.15, 0.2) is 5.11 Å². The lowest BCUT2D eigenvalue weighted by Gasteiger charge is -2.23. The highest BCUT2D eigenvalue weighted by atomic mass is 35.5. The Labute approximate surface area is 154 Å². The first-order valence-corrected chi connectivity index (χ1v) is 9.43. The molecule has 0 saturated heterocycles. The summed E-state index contributed by atoms with van der Waals surface area (Å²) in [5.41, 5.74) is 1.12. The van der Waals surface area contributed by atoms with Crippen LogP contribution >= 0.6 is 23.8 Å². The lowest BCUT2D eigenvalue weighted by atomic mass is 9.97. The van der Waals surface area contributed by atoms with E-state index in [0.717, 1.165) is 18.5 Å². The molecule has 1 aliphatic carbocycles. The summed E-state index contributed by atoms with van der Waals surface area (Å²) in [4.78, 5) is 11.8. The number of hydrogen-bond donors (Lipinski definition) is 2. The van der Waals surface area contributed by atoms with Crippen LogP contribution in [0.1, 0.15) is 62.2 Å². The van der Waals surface area contributed by atoms with Crippen molar-refractivity contribution >= 4 is 40.6 Å². The number of benzene rings is 1. The lowest BCUT2D eigenvalue weighted by molar-refractivity contribution is 0.0526. The van der Waals surface area contributed by atoms with Crippen molar-refractivity contribution in [2.75, 3.05) is 11.9 Å². The predicted octanol–water partition coefficient (Wildman–Crippen LogP) is 4.92. The number of anilines is 1. The van der Waals surface area contributed by atoms with Crippen LogP contribution in [0.15, 0.2) is 18.2 Å². The number of esters is 1. The molecule has 132 valence electrons. The second kappa shape index (κ2) is 9.84. The molecule has 0 radical (unpaired) electrons. The minimum Gasteiger partial charge on any atom is -0.462 e. The fourth-order valence-electron chi connectivity index (χ4n) is 2.92. The van der Waals surface area contributed by atoms with Gasteiger partial charge in [-0.05, 0) is 50.2 Å². The molecule has 2 N–H and O–H groups in total. The third kappa shape index (κ3) is 5.95. The molecule has 6 heteroatoms. The Bertz CT molecular complexity index is 572. The molecule has 0 aromatic heterocycles. The van der Waals surface area contributed by atoms with Crippen molar-refractivity contribution < 1.29 is 9.53 Å². The lowest BCUT2D eigenvalue weighted by Crippen LogP contribution is -2.38. The first-order chi connectivity index (χ1) is 11.6. The van der Waals surface area contributed by atoms with Crippen LogP contribution in [0.5, 0.6) is 0 Å². The number of thiocarbonyl (C=S) groups is 1. The smallest absolute Gasteiger partial charge is 0.339 e. The molecule has 1 saturated carbocycles. The number of halogens is 1. The summed E-state index contributed by atoms with van der Waals surface area (Å²) in [6.07, 6.45) is 8.78. The van der Waals surface area contributed by atoms with Gasteiger partial charge >= 0.3 is 5.97 Å². The normalized spacial score (nSPS) is 15.9. The first-order valence-electron chi connectivity index (χ1n) is 8.64. The average molecular weight is 369 g/mol. The number of hydrogen-bond acceptors (Lipinski definition) is 3. The number of carbonyl (C=O) groups excluding carboxylic acids is 1. The summed E-state index contributed by atoms with van der Waals surface area (Å²) in [6, 6.07) is 5.56. The van der Waals surface area contributed by atoms with Crippen molar-refractivity contribution in [1.82, 2.24) is 5.32 Å². The zero-order valence-electron chi connectivity index (χ0n) is 14.1. The summed E-state index contributed by atoms with van der Waals surface area (Å²) in [5, 5.41) is 7.50. The second-order valence-electron chi connectivity index (χ2n) is 6.06. The maximum atomic E-state index is 11.8. The number of ether oxygens (including phenoxy) is 1. The summed E-state index contributed by atoms with van der Waals surface area (Å²) < 4.78 is 4.97. The molecule has 0 unspecified atom stereocenters. The summed E-state index contributed by atoms with van der Waals surface area (Å²) in [6.45, 7) is 2.09. The molecule has 0 heterocycles. The minimum atomic E-state index is -0.413. The summed E-state index contributed by atoms with van der Waals surface area (Å²) in [7, 11) is 0. The quantitative estimate of drug-likeness (QED) is 0.583. The van der Waals surface area contributed by atoms with Gasteiger partial charge in [0.2, 0.25) is 0 Å². The summed E-state index contributed by atoms with van der Waals surface area (Å²) >= 11 is 11.6. The van der Waals surface area contributed by atoms with E-state index in [-0.39, 0.29) is 0 Å². The molecule has 1 aliphatic rings. The molecule has 1 aromatic rings. The number of rotatable bonds is 4. The Morgan fingerprint density at radius 1 is 1.25 bits per heavy atom. The molecule has 4 nitrogen and oxygen atoms in total. The zero-order valence-corrected chi connectivity index (χ0v) is 15.6. The molecular formula is C18H25ClN2O2S. The van der Waals surface area contributed by atoms with Gasteiger partial charge in [0, 0.05) is 11.7 Å². The molecule has 0 amide bonds. The standard InChI is InChI=1S/C18H25ClN2O2S/c1-2-23-17(22)15-11-10-14(12-16(15)19)21-18(24)20-13-8-6-4-3-5-7-9-13/h10-13H,2-9H2,1H3,(H2,20,21,24). The van der Waals surface area contributed by atoms with Crippen molar-refractivity contribution in [2.24, 2.45) is 0 Å². The first kappa shape index (κ1) is 19.0. The van der Waals surface area contributed by atoms with Crippen molar-refractivity contribution in [1.29, 1.82) is 0 Å². The topological polar surface area (TPSA) is 50.4 Å². The monoisotopic (exact) mass is 368 g/mol. The molecule has 0 aliphatic heterocycles. The largest absolute Gasteiger partial charge is 0.462 e. The van der Waals surface area contributed by atoms with Crippen LogP contribution in [0.2, 0.25) is 5.02 Å². The Hall–Kier alpha value is -1.33. The van der Waals surface area contributed by atoms with E-state index >= 15 is 0 Å². The van der Waals surface area contributed by atoms with Crippen LogP contribution in [0.25, 0.3) is 0 Å². The van der Waals surface area contributed by atoms with Crippen LogP contribution in [0, 0.1) is 0 Å². The molecule has 0 bridgehead atoms. The number of nitrogens with one attached hydrogen (secondary N) is 2. The summed E-state index contributed by atoms with van der Waals surface area (Å²) in [5.74, 6) is -0.413. The highest BCUT2D eigenvalue weighted by molar-refractivity contribution is 7.80. The van der Waals surface area contributed by atoms with Crippen molar-refractivity contribution in [2.45, 2.75) is 57.9 Å². The molecule has 1 fully saturated rings. The predicted molar refractivity (Wildman–Crippen MR) is 103 cm³/mol. The van der Waals surface area contributed by atoms with Gasteiger partial charge in [-0.25, -0.2) is 4.79 Å². The van der Waals surface area contributed by atoms with Gasteiger partial charge < -0.3 is 15.4 Å². The van der Waals surface area contributed by atoms with Crippen molar-refractivity contribution in [3.05, 3.63) is 28.8 Å². The molecular weight excluding hydrogens is 344 g/mol. The van der Waals surface area contributed by atoms with Gasteiger partial charge in [-0.2, -0.15) is 0 Å². The van der Waals surface area contributed by atoms with Gasteiger partial charge in [0.1, 0.15) is 0 Å². The zero-order chi connectivity index (χ0) is 17.4. The molecule has 0 atom stereocenters. The van der Waals surface area contributed by atoms with E-state index in [9.17, 15) is 4.79 Å². The van der Waals surface area contributed by atoms with Crippen LogP contribution in [-0.2, 0) is 4.74 Å². The highest BCUT2D eigenvalue weighted by Crippen LogP contribution is 2.22. The van der Waals surface area contributed by atoms with Gasteiger partial charge in [-0.1, -0.05) is 43.7 Å². The highest BCUT2D eigenvalue weighted by Gasteiger charge is 2.14. The van der Waals surface area contributed by atoms with E-state index in [0.29, 0.717) is 28.3 Å². The molecule has 1 aromatic carbocycles. The van der Waals surface area contributed by atoms with E-state index in [1.165, 1.54) is 32.1 Å². The average Bonchev–Trinajstić information content (AvgIpc) is 2.50. The number of carbonyl (C=O) groups is 1. The Morgan fingerprint density at radius 2 is 1.92 bits per heavy atom. The Kier molecular flexibility index (Phi) is 7.79. The van der Waals surface area contributed by atoms with Crippen molar-refractivity contribution in [3.63, 3.8) is 0 Å². The van der Waals surface area contributed by atoms with E-state index < -0.39 is 5.97 Å². The van der Waals surface area contributed by atoms with Crippen LogP contribution in [0.4, 0.5) is 5.69 Å². The van der Waals surface area contributed by atoms with Gasteiger partial charge in [0.05, 0.1) is 17.2 Å². The second-order valence-corrected chi connectivity index (χ2v) is 6.87. The molecule has 2 rings (SSSR count). The third-order valence-corrected chi connectivity index (χ3v) is 4.70. The fraction of sp³-hybridized carbons (Fsp3) is 0.556. The van der Waals surface area contributed by atoms with E-state index in [4.69, 9.17) is 28.6 Å². The van der Waals surface area contributed by atoms with Gasteiger partial charge in [-0.3, -0.25) is 0 Å². The Morgan fingerprint density at radius 3 is 2.54 bits per heavy atom. The van der Waals surface area contributed by atoms with Gasteiger partial charge in [0.25, 0.3) is 0 Å². The van der Waals surface area contributed by atoms with Crippen LogP contribution < -0.4 is 10.6 Å². The van der Waals surface area contributed by atoms with Crippen LogP contribution in [0.3, 0.4) is 0 Å². The fourth-order valence-corrected chi connectivity index (χ4v) is 3.46. The third-order valence-electron chi connectivity index (χ3n) is 4.16. The van der Waals surface area contributed by atoms with Crippen LogP contribution in [-0.4, -0.2) is 23.7 Å². The molecule has 0 spiro atoms.